The molecule has 6 nitrogen and oxygen atoms in total. The van der Waals surface area contributed by atoms with Crippen molar-refractivity contribution in [2.75, 3.05) is 20.1 Å². The minimum atomic E-state index is -0.418. The summed E-state index contributed by atoms with van der Waals surface area (Å²) in [5.41, 5.74) is 2.61. The number of aliphatic hydroxyl groups is 1. The van der Waals surface area contributed by atoms with E-state index in [4.69, 9.17) is 4.98 Å². The Hall–Kier alpha value is -2.35. The maximum Gasteiger partial charge on any atom is 0.181 e. The van der Waals surface area contributed by atoms with Crippen LogP contribution in [0, 0.1) is 5.92 Å². The molecule has 1 N–H and O–H groups in total. The fraction of sp³-hybridized carbons (Fsp3) is 0.381. The lowest BCUT2D eigenvalue weighted by atomic mass is 9.92. The van der Waals surface area contributed by atoms with Crippen LogP contribution >= 0.6 is 11.3 Å². The van der Waals surface area contributed by atoms with Crippen LogP contribution in [0.2, 0.25) is 0 Å². The zero-order valence-electron chi connectivity index (χ0n) is 16.0. The minimum Gasteiger partial charge on any atom is -0.387 e. The predicted molar refractivity (Wildman–Crippen MR) is 112 cm³/mol. The Bertz CT molecular complexity index is 1150. The van der Waals surface area contributed by atoms with Crippen LogP contribution in [0.4, 0.5) is 0 Å². The molecule has 4 aromatic heterocycles. The van der Waals surface area contributed by atoms with Gasteiger partial charge in [0.2, 0.25) is 0 Å². The van der Waals surface area contributed by atoms with Gasteiger partial charge in [0.1, 0.15) is 4.83 Å². The molecule has 7 heteroatoms. The standard InChI is InChI=1S/C21H23N5OS/c1-25-7-3-4-14(11-25)19(27)18-9-13-5-6-17(23-21(13)28-18)15-8-16-12-26(2)24-20(16)22-10-15/h5-6,8-10,12,14,19,27H,3-4,7,11H2,1-2H3. The second-order valence-electron chi connectivity index (χ2n) is 7.79. The molecule has 0 saturated carbocycles. The third kappa shape index (κ3) is 3.19. The van der Waals surface area contributed by atoms with Crippen LogP contribution in [0.15, 0.2) is 36.7 Å². The first-order chi connectivity index (χ1) is 13.6. The summed E-state index contributed by atoms with van der Waals surface area (Å²) in [5.74, 6) is 0.295. The SMILES string of the molecule is CN1CCCC(C(O)c2cc3ccc(-c4cnc5nn(C)cc5c4)nc3s2)C1. The summed E-state index contributed by atoms with van der Waals surface area (Å²) in [5, 5.41) is 17.3. The molecule has 0 amide bonds. The molecule has 0 radical (unpaired) electrons. The van der Waals surface area contributed by atoms with E-state index in [1.54, 1.807) is 16.0 Å². The van der Waals surface area contributed by atoms with Crippen molar-refractivity contribution in [3.05, 3.63) is 41.5 Å². The van der Waals surface area contributed by atoms with E-state index in [0.717, 1.165) is 63.3 Å². The van der Waals surface area contributed by atoms with Gasteiger partial charge >= 0.3 is 0 Å². The predicted octanol–water partition coefficient (Wildman–Crippen LogP) is 3.62. The molecule has 0 aromatic carbocycles. The van der Waals surface area contributed by atoms with E-state index >= 15 is 0 Å². The second-order valence-corrected chi connectivity index (χ2v) is 8.85. The van der Waals surface area contributed by atoms with E-state index in [9.17, 15) is 5.11 Å². The highest BCUT2D eigenvalue weighted by Crippen LogP contribution is 2.36. The highest BCUT2D eigenvalue weighted by Gasteiger charge is 2.27. The second kappa shape index (κ2) is 6.92. The van der Waals surface area contributed by atoms with Gasteiger partial charge in [-0.2, -0.15) is 5.10 Å². The molecule has 0 bridgehead atoms. The monoisotopic (exact) mass is 393 g/mol. The van der Waals surface area contributed by atoms with Gasteiger partial charge in [-0.3, -0.25) is 4.68 Å². The number of hydrogen-bond acceptors (Lipinski definition) is 6. The Morgan fingerprint density at radius 2 is 2.11 bits per heavy atom. The third-order valence-corrected chi connectivity index (χ3v) is 6.69. The average molecular weight is 394 g/mol. The van der Waals surface area contributed by atoms with Crippen LogP contribution in [0.5, 0.6) is 0 Å². The van der Waals surface area contributed by atoms with Gasteiger partial charge in [-0.05, 0) is 50.7 Å². The van der Waals surface area contributed by atoms with E-state index in [1.807, 2.05) is 25.5 Å². The smallest absolute Gasteiger partial charge is 0.181 e. The van der Waals surface area contributed by atoms with Crippen molar-refractivity contribution in [1.82, 2.24) is 24.6 Å². The van der Waals surface area contributed by atoms with Crippen molar-refractivity contribution in [2.45, 2.75) is 18.9 Å². The fourth-order valence-electron chi connectivity index (χ4n) is 4.11. The largest absolute Gasteiger partial charge is 0.387 e. The van der Waals surface area contributed by atoms with Gasteiger partial charge in [0.25, 0.3) is 0 Å². The van der Waals surface area contributed by atoms with Crippen molar-refractivity contribution in [2.24, 2.45) is 13.0 Å². The lowest BCUT2D eigenvalue weighted by molar-refractivity contribution is 0.0617. The summed E-state index contributed by atoms with van der Waals surface area (Å²) < 4.78 is 1.77. The Morgan fingerprint density at radius 1 is 1.21 bits per heavy atom. The van der Waals surface area contributed by atoms with Gasteiger partial charge < -0.3 is 10.0 Å². The van der Waals surface area contributed by atoms with Crippen molar-refractivity contribution in [3.63, 3.8) is 0 Å². The number of piperidine rings is 1. The molecular weight excluding hydrogens is 370 g/mol. The third-order valence-electron chi connectivity index (χ3n) is 5.57. The molecule has 2 atom stereocenters. The minimum absolute atomic E-state index is 0.295. The summed E-state index contributed by atoms with van der Waals surface area (Å²) >= 11 is 1.60. The van der Waals surface area contributed by atoms with Crippen molar-refractivity contribution >= 4 is 32.6 Å². The number of aryl methyl sites for hydroxylation is 1. The summed E-state index contributed by atoms with van der Waals surface area (Å²) in [6.07, 6.45) is 5.60. The highest BCUT2D eigenvalue weighted by molar-refractivity contribution is 7.18. The Morgan fingerprint density at radius 3 is 2.96 bits per heavy atom. The summed E-state index contributed by atoms with van der Waals surface area (Å²) in [6, 6.07) is 8.28. The molecule has 1 aliphatic heterocycles. The van der Waals surface area contributed by atoms with Crippen LogP contribution in [0.1, 0.15) is 23.8 Å². The van der Waals surface area contributed by atoms with Crippen LogP contribution in [0.25, 0.3) is 32.5 Å². The zero-order valence-corrected chi connectivity index (χ0v) is 16.9. The van der Waals surface area contributed by atoms with Crippen molar-refractivity contribution in [3.8, 4) is 11.3 Å². The molecule has 1 aliphatic rings. The first-order valence-electron chi connectivity index (χ1n) is 9.64. The number of fused-ring (bicyclic) bond motifs is 2. The Kier molecular flexibility index (Phi) is 4.38. The molecule has 5 rings (SSSR count). The van der Waals surface area contributed by atoms with Crippen LogP contribution in [-0.4, -0.2) is 49.9 Å². The number of nitrogens with zero attached hydrogens (tertiary/aromatic N) is 5. The quantitative estimate of drug-likeness (QED) is 0.576. The summed E-state index contributed by atoms with van der Waals surface area (Å²) in [6.45, 7) is 2.07. The number of hydrogen-bond donors (Lipinski definition) is 1. The lowest BCUT2D eigenvalue weighted by Crippen LogP contribution is -2.34. The highest BCUT2D eigenvalue weighted by atomic mass is 32.1. The molecule has 0 aliphatic carbocycles. The number of thiophene rings is 1. The van der Waals surface area contributed by atoms with Gasteiger partial charge in [-0.1, -0.05) is 0 Å². The number of rotatable bonds is 3. The normalized spacial score (nSPS) is 19.5. The van der Waals surface area contributed by atoms with Crippen LogP contribution in [0.3, 0.4) is 0 Å². The maximum absolute atomic E-state index is 10.9. The van der Waals surface area contributed by atoms with E-state index in [1.165, 1.54) is 0 Å². The maximum atomic E-state index is 10.9. The number of pyridine rings is 2. The molecule has 1 saturated heterocycles. The van der Waals surface area contributed by atoms with Crippen molar-refractivity contribution in [1.29, 1.82) is 0 Å². The van der Waals surface area contributed by atoms with E-state index in [0.29, 0.717) is 5.92 Å². The molecule has 28 heavy (non-hydrogen) atoms. The average Bonchev–Trinajstić information content (AvgIpc) is 3.28. The van der Waals surface area contributed by atoms with Gasteiger partial charge in [0.05, 0.1) is 11.8 Å². The zero-order chi connectivity index (χ0) is 19.3. The lowest BCUT2D eigenvalue weighted by Gasteiger charge is -2.32. The van der Waals surface area contributed by atoms with E-state index in [2.05, 4.69) is 40.2 Å². The summed E-state index contributed by atoms with van der Waals surface area (Å²) in [4.78, 5) is 13.6. The number of aliphatic hydroxyl groups excluding tert-OH is 1. The molecule has 4 aromatic rings. The fourth-order valence-corrected chi connectivity index (χ4v) is 5.22. The molecule has 2 unspecified atom stereocenters. The Balaban J connectivity index is 1.47. The van der Waals surface area contributed by atoms with Gasteiger partial charge in [-0.15, -0.1) is 11.3 Å². The van der Waals surface area contributed by atoms with E-state index in [-0.39, 0.29) is 0 Å². The molecule has 1 fully saturated rings. The summed E-state index contributed by atoms with van der Waals surface area (Å²) in [7, 11) is 4.03. The molecule has 0 spiro atoms. The molecular formula is C21H23N5OS. The van der Waals surface area contributed by atoms with E-state index < -0.39 is 6.10 Å². The van der Waals surface area contributed by atoms with Gasteiger partial charge in [-0.25, -0.2) is 9.97 Å². The van der Waals surface area contributed by atoms with Crippen LogP contribution < -0.4 is 0 Å². The number of aromatic nitrogens is 4. The number of likely N-dealkylation sites (tertiary alicyclic amines) is 1. The van der Waals surface area contributed by atoms with Gasteiger partial charge in [0, 0.05) is 53.1 Å². The topological polar surface area (TPSA) is 67.1 Å². The molecule has 144 valence electrons. The first-order valence-corrected chi connectivity index (χ1v) is 10.5. The molecule has 5 heterocycles. The van der Waals surface area contributed by atoms with Crippen LogP contribution in [-0.2, 0) is 7.05 Å². The van der Waals surface area contributed by atoms with Crippen molar-refractivity contribution < 1.29 is 5.11 Å². The first kappa shape index (κ1) is 17.7. The Labute approximate surface area is 167 Å². The van der Waals surface area contributed by atoms with Gasteiger partial charge in [0.15, 0.2) is 5.65 Å².